The van der Waals surface area contributed by atoms with Gasteiger partial charge in [-0.15, -0.1) is 0 Å². The molecule has 0 atom stereocenters. The maximum atomic E-state index is 9.74. The standard InChI is InChI=1S/C27H32N2O/c30-23-15-12-21(13-16-23)27-24(25-11-8-9-22-14-17-26(27)29(22)25)10-4-1-2-5-18-28-19-6-3-7-20-28/h8-9,11-17,30H,1-7,10,18-20H2. The molecule has 3 heteroatoms. The number of unbranched alkanes of at least 4 members (excludes halogenated alkanes) is 3. The summed E-state index contributed by atoms with van der Waals surface area (Å²) < 4.78 is 2.40. The third-order valence-corrected chi connectivity index (χ3v) is 6.80. The maximum absolute atomic E-state index is 9.74. The molecular weight excluding hydrogens is 368 g/mol. The average molecular weight is 401 g/mol. The maximum Gasteiger partial charge on any atom is 0.115 e. The van der Waals surface area contributed by atoms with Crippen molar-refractivity contribution in [1.29, 1.82) is 0 Å². The van der Waals surface area contributed by atoms with Gasteiger partial charge in [-0.05, 0) is 99.3 Å². The smallest absolute Gasteiger partial charge is 0.115 e. The molecule has 0 bridgehead atoms. The number of phenolic OH excluding ortho intramolecular Hbond substituents is 1. The number of aromatic hydroxyl groups is 1. The van der Waals surface area contributed by atoms with Crippen molar-refractivity contribution in [1.82, 2.24) is 9.30 Å². The molecule has 3 aromatic heterocycles. The number of pyridine rings is 1. The quantitative estimate of drug-likeness (QED) is 0.342. The van der Waals surface area contributed by atoms with Crippen LogP contribution in [0, 0.1) is 0 Å². The molecule has 0 amide bonds. The fraction of sp³-hybridized carbons (Fsp3) is 0.407. The molecule has 0 unspecified atom stereocenters. The summed E-state index contributed by atoms with van der Waals surface area (Å²) >= 11 is 0. The van der Waals surface area contributed by atoms with Crippen molar-refractivity contribution in [2.75, 3.05) is 19.6 Å². The Kier molecular flexibility index (Phi) is 5.63. The van der Waals surface area contributed by atoms with E-state index in [-0.39, 0.29) is 0 Å². The monoisotopic (exact) mass is 400 g/mol. The van der Waals surface area contributed by atoms with Gasteiger partial charge in [-0.3, -0.25) is 0 Å². The normalized spacial score (nSPS) is 15.5. The van der Waals surface area contributed by atoms with Crippen molar-refractivity contribution < 1.29 is 5.11 Å². The SMILES string of the molecule is Oc1ccc(-c2c(CCCCCCN3CCCCC3)c3cccc4ccc2n43)cc1. The predicted molar refractivity (Wildman–Crippen MR) is 126 cm³/mol. The molecule has 0 aliphatic carbocycles. The Morgan fingerprint density at radius 3 is 2.37 bits per heavy atom. The number of aromatic nitrogens is 1. The lowest BCUT2D eigenvalue weighted by Gasteiger charge is -2.26. The fourth-order valence-electron chi connectivity index (χ4n) is 5.25. The van der Waals surface area contributed by atoms with Crippen LogP contribution in [-0.4, -0.2) is 34.0 Å². The van der Waals surface area contributed by atoms with Crippen molar-refractivity contribution in [2.24, 2.45) is 0 Å². The van der Waals surface area contributed by atoms with Gasteiger partial charge < -0.3 is 14.4 Å². The number of nitrogens with zero attached hydrogens (tertiary/aromatic N) is 2. The Labute approximate surface area is 179 Å². The van der Waals surface area contributed by atoms with Gasteiger partial charge in [0.2, 0.25) is 0 Å². The molecule has 1 aliphatic heterocycles. The number of aryl methyl sites for hydroxylation is 1. The zero-order valence-corrected chi connectivity index (χ0v) is 17.8. The van der Waals surface area contributed by atoms with Gasteiger partial charge in [-0.25, -0.2) is 0 Å². The summed E-state index contributed by atoms with van der Waals surface area (Å²) in [5.74, 6) is 0.324. The summed E-state index contributed by atoms with van der Waals surface area (Å²) in [6.07, 6.45) is 10.5. The van der Waals surface area contributed by atoms with E-state index in [1.165, 1.54) is 97.8 Å². The number of likely N-dealkylation sites (tertiary alicyclic amines) is 1. The van der Waals surface area contributed by atoms with Crippen molar-refractivity contribution in [3.05, 3.63) is 60.2 Å². The second-order valence-electron chi connectivity index (χ2n) is 8.86. The fourth-order valence-corrected chi connectivity index (χ4v) is 5.25. The highest BCUT2D eigenvalue weighted by atomic mass is 16.3. The van der Waals surface area contributed by atoms with Gasteiger partial charge in [-0.1, -0.05) is 37.5 Å². The molecule has 0 radical (unpaired) electrons. The van der Waals surface area contributed by atoms with Gasteiger partial charge in [0.25, 0.3) is 0 Å². The second kappa shape index (κ2) is 8.69. The van der Waals surface area contributed by atoms with E-state index in [2.05, 4.69) is 51.8 Å². The molecule has 1 saturated heterocycles. The van der Waals surface area contributed by atoms with Gasteiger partial charge in [0.05, 0.1) is 11.0 Å². The van der Waals surface area contributed by atoms with Gasteiger partial charge >= 0.3 is 0 Å². The van der Waals surface area contributed by atoms with Crippen molar-refractivity contribution in [3.8, 4) is 16.9 Å². The van der Waals surface area contributed by atoms with Crippen LogP contribution in [0.1, 0.15) is 50.5 Å². The van der Waals surface area contributed by atoms with Gasteiger partial charge in [-0.2, -0.15) is 0 Å². The highest BCUT2D eigenvalue weighted by Gasteiger charge is 2.18. The van der Waals surface area contributed by atoms with Crippen LogP contribution in [0.5, 0.6) is 5.75 Å². The summed E-state index contributed by atoms with van der Waals surface area (Å²) in [6.45, 7) is 3.91. The van der Waals surface area contributed by atoms with Crippen molar-refractivity contribution in [3.63, 3.8) is 0 Å². The summed E-state index contributed by atoms with van der Waals surface area (Å²) in [7, 11) is 0. The zero-order chi connectivity index (χ0) is 20.3. The number of rotatable bonds is 8. The minimum Gasteiger partial charge on any atom is -0.508 e. The first-order valence-corrected chi connectivity index (χ1v) is 11.7. The van der Waals surface area contributed by atoms with Gasteiger partial charge in [0.15, 0.2) is 0 Å². The lowest BCUT2D eigenvalue weighted by molar-refractivity contribution is 0.224. The highest BCUT2D eigenvalue weighted by molar-refractivity contribution is 5.95. The van der Waals surface area contributed by atoms with E-state index in [4.69, 9.17) is 0 Å². The van der Waals surface area contributed by atoms with Crippen LogP contribution in [-0.2, 0) is 6.42 Å². The Hall–Kier alpha value is -2.52. The third-order valence-electron chi connectivity index (χ3n) is 6.80. The minimum atomic E-state index is 0.324. The Bertz CT molecular complexity index is 1090. The van der Waals surface area contributed by atoms with Crippen molar-refractivity contribution in [2.45, 2.75) is 51.4 Å². The van der Waals surface area contributed by atoms with E-state index in [0.717, 1.165) is 6.42 Å². The molecule has 1 aromatic carbocycles. The summed E-state index contributed by atoms with van der Waals surface area (Å²) in [4.78, 5) is 2.65. The molecule has 5 rings (SSSR count). The van der Waals surface area contributed by atoms with E-state index in [0.29, 0.717) is 5.75 Å². The summed E-state index contributed by atoms with van der Waals surface area (Å²) in [6, 6.07) is 18.8. The largest absolute Gasteiger partial charge is 0.508 e. The van der Waals surface area contributed by atoms with Crippen molar-refractivity contribution >= 4 is 16.6 Å². The average Bonchev–Trinajstić information content (AvgIpc) is 3.34. The van der Waals surface area contributed by atoms with Crippen LogP contribution >= 0.6 is 0 Å². The van der Waals surface area contributed by atoms with Gasteiger partial charge in [0.1, 0.15) is 5.75 Å². The molecule has 1 aliphatic rings. The number of hydrogen-bond donors (Lipinski definition) is 1. The van der Waals surface area contributed by atoms with Crippen LogP contribution in [0.2, 0.25) is 0 Å². The topological polar surface area (TPSA) is 27.9 Å². The molecule has 0 saturated carbocycles. The number of benzene rings is 1. The van der Waals surface area contributed by atoms with Crippen LogP contribution < -0.4 is 0 Å². The first-order chi connectivity index (χ1) is 14.8. The lowest BCUT2D eigenvalue weighted by Crippen LogP contribution is -2.30. The summed E-state index contributed by atoms with van der Waals surface area (Å²) in [5.41, 5.74) is 7.87. The molecule has 0 spiro atoms. The molecule has 30 heavy (non-hydrogen) atoms. The first kappa shape index (κ1) is 19.4. The van der Waals surface area contributed by atoms with Crippen LogP contribution in [0.15, 0.2) is 54.6 Å². The van der Waals surface area contributed by atoms with E-state index in [1.54, 1.807) is 12.1 Å². The van der Waals surface area contributed by atoms with E-state index >= 15 is 0 Å². The zero-order valence-electron chi connectivity index (χ0n) is 17.8. The molecule has 4 heterocycles. The van der Waals surface area contributed by atoms with E-state index in [9.17, 15) is 5.11 Å². The summed E-state index contributed by atoms with van der Waals surface area (Å²) in [5, 5.41) is 9.74. The van der Waals surface area contributed by atoms with E-state index in [1.807, 2.05) is 0 Å². The van der Waals surface area contributed by atoms with Gasteiger partial charge in [0, 0.05) is 11.1 Å². The highest BCUT2D eigenvalue weighted by Crippen LogP contribution is 2.38. The van der Waals surface area contributed by atoms with E-state index < -0.39 is 0 Å². The Morgan fingerprint density at radius 2 is 1.53 bits per heavy atom. The third kappa shape index (κ3) is 3.79. The Morgan fingerprint density at radius 1 is 0.733 bits per heavy atom. The molecule has 1 fully saturated rings. The minimum absolute atomic E-state index is 0.324. The van der Waals surface area contributed by atoms with Crippen LogP contribution in [0.4, 0.5) is 0 Å². The Balaban J connectivity index is 1.31. The number of hydrogen-bond acceptors (Lipinski definition) is 2. The number of piperidine rings is 1. The molecule has 4 aromatic rings. The van der Waals surface area contributed by atoms with Crippen LogP contribution in [0.3, 0.4) is 0 Å². The van der Waals surface area contributed by atoms with Crippen LogP contribution in [0.25, 0.3) is 27.7 Å². The first-order valence-electron chi connectivity index (χ1n) is 11.7. The number of phenols is 1. The second-order valence-corrected chi connectivity index (χ2v) is 8.86. The molecular formula is C27H32N2O. The lowest BCUT2D eigenvalue weighted by atomic mass is 9.97. The molecule has 1 N–H and O–H groups in total. The molecule has 156 valence electrons. The predicted octanol–water partition coefficient (Wildman–Crippen LogP) is 6.49. The molecule has 3 nitrogen and oxygen atoms in total.